The zero-order chi connectivity index (χ0) is 8.10. The van der Waals surface area contributed by atoms with E-state index >= 15 is 0 Å². The molecular formula is C9H19NSi. The summed E-state index contributed by atoms with van der Waals surface area (Å²) in [4.78, 5) is 2.52. The second-order valence-electron chi connectivity index (χ2n) is 3.62. The van der Waals surface area contributed by atoms with Crippen LogP contribution < -0.4 is 0 Å². The Kier molecular flexibility index (Phi) is 3.87. The zero-order valence-corrected chi connectivity index (χ0v) is 9.18. The lowest BCUT2D eigenvalue weighted by Gasteiger charge is -1.97. The van der Waals surface area contributed by atoms with Gasteiger partial charge in [0.25, 0.3) is 0 Å². The second-order valence-corrected chi connectivity index (χ2v) is 5.61. The van der Waals surface area contributed by atoms with Gasteiger partial charge in [0.1, 0.15) is 0 Å². The van der Waals surface area contributed by atoms with E-state index in [-0.39, 0.29) is 9.52 Å². The molecule has 1 aliphatic heterocycles. The van der Waals surface area contributed by atoms with Crippen molar-refractivity contribution in [2.75, 3.05) is 19.6 Å². The molecule has 1 aliphatic rings. The summed E-state index contributed by atoms with van der Waals surface area (Å²) >= 11 is 0. The van der Waals surface area contributed by atoms with Gasteiger partial charge in [-0.3, -0.25) is 0 Å². The maximum absolute atomic E-state index is 2.52. The van der Waals surface area contributed by atoms with Gasteiger partial charge in [-0.05, 0) is 32.5 Å². The van der Waals surface area contributed by atoms with Crippen molar-refractivity contribution in [3.8, 4) is 0 Å². The van der Waals surface area contributed by atoms with Crippen LogP contribution in [0.3, 0.4) is 0 Å². The highest BCUT2D eigenvalue weighted by Crippen LogP contribution is 2.04. The van der Waals surface area contributed by atoms with E-state index in [0.29, 0.717) is 0 Å². The zero-order valence-electron chi connectivity index (χ0n) is 7.77. The van der Waals surface area contributed by atoms with E-state index in [0.717, 1.165) is 0 Å². The van der Waals surface area contributed by atoms with Gasteiger partial charge in [0, 0.05) is 22.6 Å². The molecule has 0 N–H and O–H groups in total. The van der Waals surface area contributed by atoms with Crippen LogP contribution in [0, 0.1) is 0 Å². The van der Waals surface area contributed by atoms with Gasteiger partial charge in [0.05, 0.1) is 0 Å². The lowest BCUT2D eigenvalue weighted by molar-refractivity contribution is 0.593. The van der Waals surface area contributed by atoms with Gasteiger partial charge in [0.15, 0.2) is 0 Å². The monoisotopic (exact) mass is 169 g/mol. The topological polar surface area (TPSA) is 3.01 Å². The van der Waals surface area contributed by atoms with Crippen molar-refractivity contribution in [1.29, 1.82) is 0 Å². The lowest BCUT2D eigenvalue weighted by Crippen LogP contribution is -2.01. The molecule has 0 amide bonds. The number of nitrogens with zero attached hydrogens (tertiary/aromatic N) is 1. The van der Waals surface area contributed by atoms with Crippen LogP contribution in [0.2, 0.25) is 12.1 Å². The van der Waals surface area contributed by atoms with Gasteiger partial charge in [-0.15, -0.1) is 0 Å². The van der Waals surface area contributed by atoms with Crippen molar-refractivity contribution in [3.63, 3.8) is 0 Å². The van der Waals surface area contributed by atoms with Crippen molar-refractivity contribution >= 4 is 9.52 Å². The molecule has 1 heterocycles. The van der Waals surface area contributed by atoms with Crippen molar-refractivity contribution < 1.29 is 0 Å². The fourth-order valence-corrected chi connectivity index (χ4v) is 2.91. The highest BCUT2D eigenvalue weighted by molar-refractivity contribution is 6.36. The van der Waals surface area contributed by atoms with Crippen molar-refractivity contribution in [2.24, 2.45) is 0 Å². The highest BCUT2D eigenvalue weighted by Gasteiger charge is 2.14. The minimum absolute atomic E-state index is 0.248. The first kappa shape index (κ1) is 9.01. The molecule has 64 valence electrons. The maximum atomic E-state index is 2.52. The Morgan fingerprint density at radius 2 is 2.18 bits per heavy atom. The molecule has 0 unspecified atom stereocenters. The van der Waals surface area contributed by atoms with E-state index in [1.807, 2.05) is 0 Å². The molecule has 11 heavy (non-hydrogen) atoms. The van der Waals surface area contributed by atoms with E-state index in [2.05, 4.69) is 24.8 Å². The Morgan fingerprint density at radius 3 is 2.73 bits per heavy atom. The Hall–Kier alpha value is -0.0831. The summed E-state index contributed by atoms with van der Waals surface area (Å²) in [5.41, 5.74) is 1.49. The predicted octanol–water partition coefficient (Wildman–Crippen LogP) is 1.27. The van der Waals surface area contributed by atoms with E-state index in [4.69, 9.17) is 0 Å². The molecule has 1 fully saturated rings. The van der Waals surface area contributed by atoms with E-state index in [9.17, 15) is 0 Å². The quantitative estimate of drug-likeness (QED) is 0.259. The summed E-state index contributed by atoms with van der Waals surface area (Å²) in [7, 11) is 0.248. The molecule has 0 aromatic rings. The molecular weight excluding hydrogens is 150 g/mol. The summed E-state index contributed by atoms with van der Waals surface area (Å²) in [6, 6.07) is 2.93. The Labute approximate surface area is 72.3 Å². The van der Waals surface area contributed by atoms with Gasteiger partial charge >= 0.3 is 0 Å². The average molecular weight is 169 g/mol. The summed E-state index contributed by atoms with van der Waals surface area (Å²) in [5.74, 6) is 0. The second kappa shape index (κ2) is 4.73. The molecule has 0 saturated carbocycles. The Balaban J connectivity index is 1.83. The minimum atomic E-state index is 0.248. The summed E-state index contributed by atoms with van der Waals surface area (Å²) < 4.78 is 0. The molecule has 0 aromatic heterocycles. The lowest BCUT2D eigenvalue weighted by atomic mass is 10.3. The third-order valence-electron chi connectivity index (χ3n) is 2.02. The fourth-order valence-electron chi connectivity index (χ4n) is 1.16. The average Bonchev–Trinajstić information content (AvgIpc) is 2.70. The van der Waals surface area contributed by atoms with Gasteiger partial charge in [-0.1, -0.05) is 11.6 Å². The first-order valence-electron chi connectivity index (χ1n) is 4.65. The van der Waals surface area contributed by atoms with Crippen molar-refractivity contribution in [3.05, 3.63) is 11.6 Å². The number of hydrogen-bond acceptors (Lipinski definition) is 1. The molecule has 1 nitrogen and oxygen atoms in total. The minimum Gasteiger partial charge on any atom is -0.301 e. The third kappa shape index (κ3) is 5.22. The van der Waals surface area contributed by atoms with Crippen LogP contribution in [0.15, 0.2) is 11.6 Å². The van der Waals surface area contributed by atoms with Crippen LogP contribution >= 0.6 is 0 Å². The number of allylic oxidation sites excluding steroid dienone is 2. The largest absolute Gasteiger partial charge is 0.301 e. The van der Waals surface area contributed by atoms with Gasteiger partial charge in [0.2, 0.25) is 0 Å². The van der Waals surface area contributed by atoms with Gasteiger partial charge in [-0.25, -0.2) is 0 Å². The van der Waals surface area contributed by atoms with Crippen LogP contribution in [-0.2, 0) is 0 Å². The summed E-state index contributed by atoms with van der Waals surface area (Å²) in [6.45, 7) is 8.52. The van der Waals surface area contributed by atoms with Gasteiger partial charge < -0.3 is 4.90 Å². The van der Waals surface area contributed by atoms with E-state index in [1.54, 1.807) is 0 Å². The van der Waals surface area contributed by atoms with Crippen LogP contribution in [0.1, 0.15) is 13.8 Å². The van der Waals surface area contributed by atoms with Crippen molar-refractivity contribution in [2.45, 2.75) is 25.9 Å². The normalized spacial score (nSPS) is 17.6. The summed E-state index contributed by atoms with van der Waals surface area (Å²) in [5, 5.41) is 0. The highest BCUT2D eigenvalue weighted by atomic mass is 28.2. The van der Waals surface area contributed by atoms with Crippen LogP contribution in [-0.4, -0.2) is 34.1 Å². The Morgan fingerprint density at radius 1 is 1.45 bits per heavy atom. The van der Waals surface area contributed by atoms with E-state index in [1.165, 1.54) is 37.3 Å². The standard InChI is InChI=1S/C9H19NSi/c1-9(2)3-7-11-8-6-10-4-5-10/h3H,4-8,11H2,1-2H3. The summed E-state index contributed by atoms with van der Waals surface area (Å²) in [6.07, 6.45) is 2.40. The third-order valence-corrected chi connectivity index (χ3v) is 3.53. The predicted molar refractivity (Wildman–Crippen MR) is 54.0 cm³/mol. The van der Waals surface area contributed by atoms with Gasteiger partial charge in [-0.2, -0.15) is 0 Å². The number of rotatable bonds is 5. The van der Waals surface area contributed by atoms with Crippen molar-refractivity contribution in [1.82, 2.24) is 4.90 Å². The molecule has 1 rings (SSSR count). The van der Waals surface area contributed by atoms with Crippen LogP contribution in [0.4, 0.5) is 0 Å². The van der Waals surface area contributed by atoms with Crippen LogP contribution in [0.25, 0.3) is 0 Å². The SMILES string of the molecule is CC(C)=CC[SiH2]CCN1CC1. The molecule has 0 bridgehead atoms. The molecule has 2 heteroatoms. The maximum Gasteiger partial charge on any atom is 0.0254 e. The molecule has 0 spiro atoms. The molecule has 0 radical (unpaired) electrons. The fraction of sp³-hybridized carbons (Fsp3) is 0.778. The Bertz CT molecular complexity index is 134. The first-order chi connectivity index (χ1) is 5.29. The van der Waals surface area contributed by atoms with E-state index < -0.39 is 0 Å². The first-order valence-corrected chi connectivity index (χ1v) is 6.65. The van der Waals surface area contributed by atoms with Crippen LogP contribution in [0.5, 0.6) is 0 Å². The molecule has 1 saturated heterocycles. The molecule has 0 atom stereocenters. The number of hydrogen-bond donors (Lipinski definition) is 0. The smallest absolute Gasteiger partial charge is 0.0254 e. The molecule has 0 aromatic carbocycles. The molecule has 0 aliphatic carbocycles.